The van der Waals surface area contributed by atoms with Gasteiger partial charge in [0.05, 0.1) is 6.54 Å². The van der Waals surface area contributed by atoms with Crippen LogP contribution < -0.4 is 15.5 Å². The zero-order valence-electron chi connectivity index (χ0n) is 10.5. The van der Waals surface area contributed by atoms with E-state index >= 15 is 0 Å². The van der Waals surface area contributed by atoms with E-state index in [4.69, 9.17) is 4.42 Å². The first kappa shape index (κ1) is 13.4. The fraction of sp³-hybridized carbons (Fsp3) is 0.700. The normalized spacial score (nSPS) is 10.3. The Bertz CT molecular complexity index is 352. The maximum Gasteiger partial charge on any atom is 0.318 e. The lowest BCUT2D eigenvalue weighted by atomic mass is 10.5. The van der Waals surface area contributed by atoms with Crippen LogP contribution in [-0.2, 0) is 11.3 Å². The molecule has 0 aliphatic rings. The average Bonchev–Trinajstić information content (AvgIpc) is 2.75. The van der Waals surface area contributed by atoms with Crippen LogP contribution in [0.25, 0.3) is 0 Å². The van der Waals surface area contributed by atoms with Gasteiger partial charge in [0.25, 0.3) is 0 Å². The Morgan fingerprint density at radius 3 is 2.76 bits per heavy atom. The third-order valence-electron chi connectivity index (χ3n) is 2.14. The van der Waals surface area contributed by atoms with E-state index in [1.807, 2.05) is 13.8 Å². The molecule has 1 rings (SSSR count). The van der Waals surface area contributed by atoms with Gasteiger partial charge < -0.3 is 20.0 Å². The van der Waals surface area contributed by atoms with Crippen LogP contribution in [0.5, 0.6) is 0 Å². The first-order valence-electron chi connectivity index (χ1n) is 5.69. The van der Waals surface area contributed by atoms with Gasteiger partial charge in [0.15, 0.2) is 0 Å². The third-order valence-corrected chi connectivity index (χ3v) is 2.14. The molecule has 0 spiro atoms. The molecule has 0 saturated heterocycles. The molecule has 0 unspecified atom stereocenters. The van der Waals surface area contributed by atoms with Gasteiger partial charge in [-0.1, -0.05) is 5.10 Å². The van der Waals surface area contributed by atoms with E-state index in [0.29, 0.717) is 31.5 Å². The Kier molecular flexibility index (Phi) is 5.41. The summed E-state index contributed by atoms with van der Waals surface area (Å²) in [4.78, 5) is 13.2. The summed E-state index contributed by atoms with van der Waals surface area (Å²) in [6.45, 7) is 5.81. The van der Waals surface area contributed by atoms with E-state index in [1.165, 1.54) is 0 Å². The summed E-state index contributed by atoms with van der Waals surface area (Å²) >= 11 is 0. The Labute approximate surface area is 101 Å². The summed E-state index contributed by atoms with van der Waals surface area (Å²) in [6, 6.07) is 0.379. The number of hydrogen-bond acceptors (Lipinski definition) is 6. The molecule has 0 aromatic carbocycles. The summed E-state index contributed by atoms with van der Waals surface area (Å²) in [7, 11) is 1.80. The number of nitrogens with zero attached hydrogens (tertiary/aromatic N) is 3. The Morgan fingerprint density at radius 1 is 1.41 bits per heavy atom. The highest BCUT2D eigenvalue weighted by molar-refractivity contribution is 5.80. The third kappa shape index (κ3) is 4.03. The molecule has 0 saturated carbocycles. The lowest BCUT2D eigenvalue weighted by molar-refractivity contribution is -0.119. The molecule has 0 bridgehead atoms. The predicted octanol–water partition coefficient (Wildman–Crippen LogP) is -0.249. The standard InChI is InChI=1S/C10H19N5O2/c1-4-12-8(16)7-15(5-2)10-14-13-9(17-10)6-11-3/h11H,4-7H2,1-3H3,(H,12,16). The molecule has 0 atom stereocenters. The molecule has 0 aliphatic heterocycles. The molecule has 7 nitrogen and oxygen atoms in total. The van der Waals surface area contributed by atoms with Gasteiger partial charge in [-0.15, -0.1) is 5.10 Å². The van der Waals surface area contributed by atoms with Gasteiger partial charge in [-0.25, -0.2) is 0 Å². The maximum atomic E-state index is 11.5. The lowest BCUT2D eigenvalue weighted by Gasteiger charge is -2.16. The van der Waals surface area contributed by atoms with Crippen LogP contribution in [0.2, 0.25) is 0 Å². The number of carbonyl (C=O) groups is 1. The van der Waals surface area contributed by atoms with Crippen molar-refractivity contribution in [2.45, 2.75) is 20.4 Å². The number of rotatable bonds is 7. The highest BCUT2D eigenvalue weighted by atomic mass is 16.4. The second-order valence-electron chi connectivity index (χ2n) is 3.48. The zero-order chi connectivity index (χ0) is 12.7. The monoisotopic (exact) mass is 241 g/mol. The van der Waals surface area contributed by atoms with E-state index in [1.54, 1.807) is 11.9 Å². The molecule has 1 amide bonds. The molecular formula is C10H19N5O2. The highest BCUT2D eigenvalue weighted by Crippen LogP contribution is 2.11. The molecule has 0 radical (unpaired) electrons. The van der Waals surface area contributed by atoms with Crippen molar-refractivity contribution in [1.82, 2.24) is 20.8 Å². The number of amides is 1. The molecule has 2 N–H and O–H groups in total. The van der Waals surface area contributed by atoms with Gasteiger partial charge in [-0.3, -0.25) is 4.79 Å². The minimum atomic E-state index is -0.0530. The van der Waals surface area contributed by atoms with Crippen molar-refractivity contribution in [1.29, 1.82) is 0 Å². The number of aromatic nitrogens is 2. The van der Waals surface area contributed by atoms with Gasteiger partial charge in [0.1, 0.15) is 6.54 Å². The van der Waals surface area contributed by atoms with Crippen molar-refractivity contribution in [2.75, 3.05) is 31.6 Å². The Balaban J connectivity index is 2.62. The van der Waals surface area contributed by atoms with E-state index in [9.17, 15) is 4.79 Å². The van der Waals surface area contributed by atoms with Crippen molar-refractivity contribution in [2.24, 2.45) is 0 Å². The first-order valence-corrected chi connectivity index (χ1v) is 5.69. The van der Waals surface area contributed by atoms with Crippen molar-refractivity contribution >= 4 is 11.9 Å². The second-order valence-corrected chi connectivity index (χ2v) is 3.48. The Hall–Kier alpha value is -1.63. The largest absolute Gasteiger partial charge is 0.407 e. The minimum Gasteiger partial charge on any atom is -0.407 e. The molecule has 96 valence electrons. The molecule has 17 heavy (non-hydrogen) atoms. The van der Waals surface area contributed by atoms with Gasteiger partial charge in [-0.05, 0) is 20.9 Å². The zero-order valence-corrected chi connectivity index (χ0v) is 10.5. The SMILES string of the molecule is CCNC(=O)CN(CC)c1nnc(CNC)o1. The fourth-order valence-corrected chi connectivity index (χ4v) is 1.34. The smallest absolute Gasteiger partial charge is 0.318 e. The number of nitrogens with one attached hydrogen (secondary N) is 2. The number of carbonyl (C=O) groups excluding carboxylic acids is 1. The van der Waals surface area contributed by atoms with Gasteiger partial charge >= 0.3 is 6.01 Å². The van der Waals surface area contributed by atoms with Crippen LogP contribution in [0.4, 0.5) is 6.01 Å². The number of hydrogen-bond donors (Lipinski definition) is 2. The summed E-state index contributed by atoms with van der Waals surface area (Å²) in [6.07, 6.45) is 0. The van der Waals surface area contributed by atoms with Crippen LogP contribution >= 0.6 is 0 Å². The van der Waals surface area contributed by atoms with E-state index in [-0.39, 0.29) is 12.5 Å². The molecule has 7 heteroatoms. The summed E-state index contributed by atoms with van der Waals surface area (Å²) in [5.41, 5.74) is 0. The molecule has 1 aromatic rings. The first-order chi connectivity index (χ1) is 8.21. The molecule has 0 fully saturated rings. The van der Waals surface area contributed by atoms with Crippen molar-refractivity contribution in [3.05, 3.63) is 5.89 Å². The van der Waals surface area contributed by atoms with Gasteiger partial charge in [0, 0.05) is 13.1 Å². The van der Waals surface area contributed by atoms with Crippen molar-refractivity contribution in [3.63, 3.8) is 0 Å². The second kappa shape index (κ2) is 6.85. The maximum absolute atomic E-state index is 11.5. The van der Waals surface area contributed by atoms with Crippen LogP contribution in [0.3, 0.4) is 0 Å². The Morgan fingerprint density at radius 2 is 2.18 bits per heavy atom. The van der Waals surface area contributed by atoms with E-state index in [0.717, 1.165) is 0 Å². The van der Waals surface area contributed by atoms with Crippen LogP contribution in [-0.4, -0.2) is 42.8 Å². The molecule has 0 aliphatic carbocycles. The van der Waals surface area contributed by atoms with Crippen LogP contribution in [0.1, 0.15) is 19.7 Å². The highest BCUT2D eigenvalue weighted by Gasteiger charge is 2.15. The van der Waals surface area contributed by atoms with Crippen molar-refractivity contribution < 1.29 is 9.21 Å². The quantitative estimate of drug-likeness (QED) is 0.685. The average molecular weight is 241 g/mol. The van der Waals surface area contributed by atoms with Crippen molar-refractivity contribution in [3.8, 4) is 0 Å². The minimum absolute atomic E-state index is 0.0530. The van der Waals surface area contributed by atoms with Crippen LogP contribution in [0.15, 0.2) is 4.42 Å². The van der Waals surface area contributed by atoms with E-state index in [2.05, 4.69) is 20.8 Å². The van der Waals surface area contributed by atoms with Gasteiger partial charge in [0.2, 0.25) is 11.8 Å². The van der Waals surface area contributed by atoms with Crippen LogP contribution in [0, 0.1) is 0 Å². The van der Waals surface area contributed by atoms with E-state index < -0.39 is 0 Å². The summed E-state index contributed by atoms with van der Waals surface area (Å²) in [5, 5.41) is 13.4. The summed E-state index contributed by atoms with van der Waals surface area (Å²) in [5.74, 6) is 0.458. The lowest BCUT2D eigenvalue weighted by Crippen LogP contribution is -2.37. The molecule has 1 heterocycles. The fourth-order valence-electron chi connectivity index (χ4n) is 1.34. The number of anilines is 1. The molecule has 1 aromatic heterocycles. The number of likely N-dealkylation sites (N-methyl/N-ethyl adjacent to an activating group) is 2. The predicted molar refractivity (Wildman–Crippen MR) is 63.6 cm³/mol. The topological polar surface area (TPSA) is 83.3 Å². The molecular weight excluding hydrogens is 222 g/mol. The summed E-state index contributed by atoms with van der Waals surface area (Å²) < 4.78 is 5.42. The van der Waals surface area contributed by atoms with Gasteiger partial charge in [-0.2, -0.15) is 0 Å².